The van der Waals surface area contributed by atoms with Gasteiger partial charge in [0.25, 0.3) is 5.91 Å². The summed E-state index contributed by atoms with van der Waals surface area (Å²) in [5, 5.41) is 5.36. The Morgan fingerprint density at radius 2 is 1.69 bits per heavy atom. The van der Waals surface area contributed by atoms with Crippen LogP contribution in [-0.4, -0.2) is 61.1 Å². The van der Waals surface area contributed by atoms with Gasteiger partial charge in [-0.2, -0.15) is 0 Å². The van der Waals surface area contributed by atoms with Crippen molar-refractivity contribution in [2.45, 2.75) is 32.4 Å². The van der Waals surface area contributed by atoms with Crippen LogP contribution in [0.3, 0.4) is 0 Å². The molecule has 1 aliphatic heterocycles. The molecule has 2 atom stereocenters. The molecule has 9 heteroatoms. The Hall–Kier alpha value is -3.88. The van der Waals surface area contributed by atoms with E-state index >= 15 is 0 Å². The van der Waals surface area contributed by atoms with Crippen LogP contribution in [0, 0.1) is 5.92 Å². The molecule has 1 aliphatic rings. The van der Waals surface area contributed by atoms with Crippen molar-refractivity contribution in [1.82, 2.24) is 15.5 Å². The van der Waals surface area contributed by atoms with E-state index in [0.29, 0.717) is 24.9 Å². The van der Waals surface area contributed by atoms with Crippen LogP contribution >= 0.6 is 0 Å². The highest BCUT2D eigenvalue weighted by Crippen LogP contribution is 2.18. The molecule has 1 heterocycles. The molecule has 3 rings (SSSR count). The number of hydrogen-bond donors (Lipinski definition) is 2. The fourth-order valence-electron chi connectivity index (χ4n) is 3.78. The van der Waals surface area contributed by atoms with Gasteiger partial charge >= 0.3 is 12.1 Å². The van der Waals surface area contributed by atoms with E-state index in [0.717, 1.165) is 5.56 Å². The van der Waals surface area contributed by atoms with Crippen LogP contribution in [0.15, 0.2) is 60.7 Å². The molecule has 2 aromatic carbocycles. The number of ether oxygens (including phenoxy) is 2. The Morgan fingerprint density at radius 1 is 1.00 bits per heavy atom. The standard InChI is InChI=1S/C26H31N3O6/c1-2-34-25(32)22(28-24(31)20-12-7-4-8-13-20)16-27-23(30)21-14-9-15-29(17-21)26(33)35-18-19-10-5-3-6-11-19/h3-8,10-13,21-22H,2,9,14-18H2,1H3,(H,27,30)(H,28,31)/t21-,22+/m1/s1. The van der Waals surface area contributed by atoms with Gasteiger partial charge in [0.1, 0.15) is 12.6 Å². The first kappa shape index (κ1) is 25.7. The number of piperidine rings is 1. The van der Waals surface area contributed by atoms with E-state index in [1.807, 2.05) is 30.3 Å². The van der Waals surface area contributed by atoms with Gasteiger partial charge < -0.3 is 25.0 Å². The molecule has 1 fully saturated rings. The molecule has 0 saturated carbocycles. The molecule has 1 saturated heterocycles. The summed E-state index contributed by atoms with van der Waals surface area (Å²) >= 11 is 0. The van der Waals surface area contributed by atoms with Crippen molar-refractivity contribution < 1.29 is 28.7 Å². The van der Waals surface area contributed by atoms with E-state index < -0.39 is 29.9 Å². The molecule has 3 amide bonds. The van der Waals surface area contributed by atoms with Crippen LogP contribution in [0.4, 0.5) is 4.79 Å². The fraction of sp³-hybridized carbons (Fsp3) is 0.385. The van der Waals surface area contributed by atoms with E-state index in [1.54, 1.807) is 37.3 Å². The first-order chi connectivity index (χ1) is 17.0. The SMILES string of the molecule is CCOC(=O)[C@H](CNC(=O)[C@@H]1CCCN(C(=O)OCc2ccccc2)C1)NC(=O)c1ccccc1. The number of benzene rings is 2. The molecule has 0 unspecified atom stereocenters. The van der Waals surface area contributed by atoms with Gasteiger partial charge in [-0.1, -0.05) is 48.5 Å². The van der Waals surface area contributed by atoms with Crippen molar-refractivity contribution in [3.05, 3.63) is 71.8 Å². The molecule has 0 spiro atoms. The Kier molecular flexibility index (Phi) is 9.65. The summed E-state index contributed by atoms with van der Waals surface area (Å²) in [6, 6.07) is 16.8. The summed E-state index contributed by atoms with van der Waals surface area (Å²) < 4.78 is 10.4. The van der Waals surface area contributed by atoms with Crippen molar-refractivity contribution in [2.75, 3.05) is 26.2 Å². The second-order valence-electron chi connectivity index (χ2n) is 8.21. The van der Waals surface area contributed by atoms with Gasteiger partial charge in [-0.15, -0.1) is 0 Å². The number of carbonyl (C=O) groups excluding carboxylic acids is 4. The van der Waals surface area contributed by atoms with E-state index in [-0.39, 0.29) is 32.2 Å². The highest BCUT2D eigenvalue weighted by molar-refractivity contribution is 5.97. The molecule has 35 heavy (non-hydrogen) atoms. The predicted molar refractivity (Wildman–Crippen MR) is 128 cm³/mol. The van der Waals surface area contributed by atoms with Crippen molar-refractivity contribution >= 4 is 23.9 Å². The van der Waals surface area contributed by atoms with Crippen molar-refractivity contribution in [3.8, 4) is 0 Å². The summed E-state index contributed by atoms with van der Waals surface area (Å²) in [5.74, 6) is -1.82. The zero-order chi connectivity index (χ0) is 25.0. The monoisotopic (exact) mass is 481 g/mol. The fourth-order valence-corrected chi connectivity index (χ4v) is 3.78. The number of carbonyl (C=O) groups is 4. The topological polar surface area (TPSA) is 114 Å². The van der Waals surface area contributed by atoms with Gasteiger partial charge in [-0.25, -0.2) is 9.59 Å². The lowest BCUT2D eigenvalue weighted by Gasteiger charge is -2.31. The first-order valence-corrected chi connectivity index (χ1v) is 11.7. The van der Waals surface area contributed by atoms with Crippen LogP contribution in [0.2, 0.25) is 0 Å². The molecule has 0 bridgehead atoms. The maximum atomic E-state index is 12.8. The minimum Gasteiger partial charge on any atom is -0.464 e. The van der Waals surface area contributed by atoms with E-state index in [4.69, 9.17) is 9.47 Å². The Morgan fingerprint density at radius 3 is 2.37 bits per heavy atom. The number of rotatable bonds is 9. The summed E-state index contributed by atoms with van der Waals surface area (Å²) in [6.07, 6.45) is 0.796. The van der Waals surface area contributed by atoms with Gasteiger partial charge in [0.05, 0.1) is 12.5 Å². The average Bonchev–Trinajstić information content (AvgIpc) is 2.90. The first-order valence-electron chi connectivity index (χ1n) is 11.7. The van der Waals surface area contributed by atoms with Crippen LogP contribution < -0.4 is 10.6 Å². The minimum absolute atomic E-state index is 0.120. The van der Waals surface area contributed by atoms with Crippen molar-refractivity contribution in [1.29, 1.82) is 0 Å². The van der Waals surface area contributed by atoms with Gasteiger partial charge in [0.15, 0.2) is 0 Å². The quantitative estimate of drug-likeness (QED) is 0.532. The summed E-state index contributed by atoms with van der Waals surface area (Å²) in [5.41, 5.74) is 1.28. The summed E-state index contributed by atoms with van der Waals surface area (Å²) in [6.45, 7) is 2.59. The van der Waals surface area contributed by atoms with Crippen LogP contribution in [0.1, 0.15) is 35.7 Å². The van der Waals surface area contributed by atoms with Crippen molar-refractivity contribution in [3.63, 3.8) is 0 Å². The van der Waals surface area contributed by atoms with E-state index in [9.17, 15) is 19.2 Å². The third-order valence-electron chi connectivity index (χ3n) is 5.65. The maximum Gasteiger partial charge on any atom is 0.410 e. The number of hydrogen-bond acceptors (Lipinski definition) is 6. The second-order valence-corrected chi connectivity index (χ2v) is 8.21. The van der Waals surface area contributed by atoms with E-state index in [1.165, 1.54) is 4.90 Å². The minimum atomic E-state index is -1.04. The number of nitrogens with one attached hydrogen (secondary N) is 2. The third kappa shape index (κ3) is 7.84. The van der Waals surface area contributed by atoms with Gasteiger partial charge in [0.2, 0.25) is 5.91 Å². The third-order valence-corrected chi connectivity index (χ3v) is 5.65. The molecule has 2 aromatic rings. The summed E-state index contributed by atoms with van der Waals surface area (Å²) in [4.78, 5) is 51.7. The molecule has 2 N–H and O–H groups in total. The number of likely N-dealkylation sites (tertiary alicyclic amines) is 1. The zero-order valence-corrected chi connectivity index (χ0v) is 19.8. The lowest BCUT2D eigenvalue weighted by Crippen LogP contribution is -2.51. The second kappa shape index (κ2) is 13.1. The van der Waals surface area contributed by atoms with Crippen LogP contribution in [0.25, 0.3) is 0 Å². The lowest BCUT2D eigenvalue weighted by atomic mass is 9.97. The smallest absolute Gasteiger partial charge is 0.410 e. The average molecular weight is 482 g/mol. The molecule has 0 aromatic heterocycles. The Balaban J connectivity index is 1.52. The predicted octanol–water partition coefficient (Wildman–Crippen LogP) is 2.51. The molecule has 0 aliphatic carbocycles. The number of amides is 3. The van der Waals surface area contributed by atoms with E-state index in [2.05, 4.69) is 10.6 Å². The number of nitrogens with zero attached hydrogens (tertiary/aromatic N) is 1. The molecule has 186 valence electrons. The molecule has 9 nitrogen and oxygen atoms in total. The molecular formula is C26H31N3O6. The van der Waals surface area contributed by atoms with Gasteiger partial charge in [0, 0.05) is 25.2 Å². The largest absolute Gasteiger partial charge is 0.464 e. The van der Waals surface area contributed by atoms with Crippen molar-refractivity contribution in [2.24, 2.45) is 5.92 Å². The maximum absolute atomic E-state index is 12.8. The zero-order valence-electron chi connectivity index (χ0n) is 19.8. The molecular weight excluding hydrogens is 450 g/mol. The lowest BCUT2D eigenvalue weighted by molar-refractivity contribution is -0.145. The van der Waals surface area contributed by atoms with Gasteiger partial charge in [-0.3, -0.25) is 9.59 Å². The summed E-state index contributed by atoms with van der Waals surface area (Å²) in [7, 11) is 0. The number of esters is 1. The van der Waals surface area contributed by atoms with Crippen LogP contribution in [0.5, 0.6) is 0 Å². The normalized spacial score (nSPS) is 16.0. The Bertz CT molecular complexity index is 999. The van der Waals surface area contributed by atoms with Crippen LogP contribution in [-0.2, 0) is 25.7 Å². The van der Waals surface area contributed by atoms with Gasteiger partial charge in [-0.05, 0) is 37.5 Å². The highest BCUT2D eigenvalue weighted by atomic mass is 16.6. The molecule has 0 radical (unpaired) electrons. The Labute approximate surface area is 204 Å². The highest BCUT2D eigenvalue weighted by Gasteiger charge is 2.30.